The Bertz CT molecular complexity index is 940. The van der Waals surface area contributed by atoms with Gasteiger partial charge in [0.05, 0.1) is 11.4 Å². The largest absolute Gasteiger partial charge is 0.374 e. The highest BCUT2D eigenvalue weighted by molar-refractivity contribution is 7.93. The van der Waals surface area contributed by atoms with Gasteiger partial charge in [0.15, 0.2) is 0 Å². The molecule has 28 heavy (non-hydrogen) atoms. The molecule has 1 saturated heterocycles. The summed E-state index contributed by atoms with van der Waals surface area (Å²) < 4.78 is 25.5. The first-order valence-electron chi connectivity index (χ1n) is 9.55. The van der Waals surface area contributed by atoms with Crippen LogP contribution in [0, 0.1) is 0 Å². The molecule has 0 aromatic heterocycles. The molecule has 0 saturated carbocycles. The highest BCUT2D eigenvalue weighted by atomic mass is 32.2. The zero-order valence-corrected chi connectivity index (χ0v) is 17.3. The predicted molar refractivity (Wildman–Crippen MR) is 114 cm³/mol. The van der Waals surface area contributed by atoms with Gasteiger partial charge in [-0.1, -0.05) is 32.0 Å². The molecule has 1 aliphatic rings. The molecular weight excluding hydrogens is 374 g/mol. The van der Waals surface area contributed by atoms with Crippen molar-refractivity contribution in [2.24, 2.45) is 0 Å². The standard InChI is InChI=1S/C21H27N3O3S/c1-15(2)19-7-4-5-8-20(19)23-21(25)16(3)22-17-9-11-18(12-10-17)24-13-6-14-28(24,26)27/h4-5,7-12,15-16,22H,6,13-14H2,1-3H3,(H,23,25). The summed E-state index contributed by atoms with van der Waals surface area (Å²) >= 11 is 0. The number of rotatable bonds is 6. The molecule has 1 heterocycles. The summed E-state index contributed by atoms with van der Waals surface area (Å²) in [5.41, 5.74) is 3.34. The van der Waals surface area contributed by atoms with Crippen molar-refractivity contribution >= 4 is 33.0 Å². The highest BCUT2D eigenvalue weighted by Crippen LogP contribution is 2.26. The fourth-order valence-corrected chi connectivity index (χ4v) is 4.89. The molecule has 2 aromatic rings. The number of hydrogen-bond acceptors (Lipinski definition) is 4. The van der Waals surface area contributed by atoms with Crippen molar-refractivity contribution < 1.29 is 13.2 Å². The van der Waals surface area contributed by atoms with Crippen molar-refractivity contribution in [1.82, 2.24) is 0 Å². The maximum atomic E-state index is 12.6. The van der Waals surface area contributed by atoms with Crippen LogP contribution in [-0.4, -0.2) is 32.7 Å². The monoisotopic (exact) mass is 401 g/mol. The molecule has 2 aromatic carbocycles. The van der Waals surface area contributed by atoms with Gasteiger partial charge in [0.2, 0.25) is 15.9 Å². The Kier molecular flexibility index (Phi) is 5.93. The minimum Gasteiger partial charge on any atom is -0.374 e. The first-order valence-corrected chi connectivity index (χ1v) is 11.2. The predicted octanol–water partition coefficient (Wildman–Crippen LogP) is 3.79. The Morgan fingerprint density at radius 3 is 2.32 bits per heavy atom. The fraction of sp³-hybridized carbons (Fsp3) is 0.381. The third-order valence-electron chi connectivity index (χ3n) is 4.87. The molecule has 1 fully saturated rings. The van der Waals surface area contributed by atoms with Crippen LogP contribution < -0.4 is 14.9 Å². The number of sulfonamides is 1. The molecular formula is C21H27N3O3S. The smallest absolute Gasteiger partial charge is 0.246 e. The average Bonchev–Trinajstić information content (AvgIpc) is 3.01. The number of para-hydroxylation sites is 1. The number of carbonyl (C=O) groups excluding carboxylic acids is 1. The number of hydrogen-bond donors (Lipinski definition) is 2. The molecule has 0 spiro atoms. The van der Waals surface area contributed by atoms with Crippen LogP contribution in [0.5, 0.6) is 0 Å². The van der Waals surface area contributed by atoms with Crippen molar-refractivity contribution in [3.8, 4) is 0 Å². The molecule has 1 aliphatic heterocycles. The molecule has 0 aliphatic carbocycles. The molecule has 1 amide bonds. The van der Waals surface area contributed by atoms with E-state index < -0.39 is 16.1 Å². The van der Waals surface area contributed by atoms with Crippen LogP contribution in [0.15, 0.2) is 48.5 Å². The molecule has 150 valence electrons. The Hall–Kier alpha value is -2.54. The molecule has 1 atom stereocenters. The lowest BCUT2D eigenvalue weighted by Gasteiger charge is -2.20. The lowest BCUT2D eigenvalue weighted by Crippen LogP contribution is -2.32. The summed E-state index contributed by atoms with van der Waals surface area (Å²) in [6.45, 7) is 6.50. The number of carbonyl (C=O) groups is 1. The van der Waals surface area contributed by atoms with Gasteiger partial charge in [-0.15, -0.1) is 0 Å². The number of anilines is 3. The van der Waals surface area contributed by atoms with E-state index in [2.05, 4.69) is 24.5 Å². The Labute approximate surface area is 167 Å². The van der Waals surface area contributed by atoms with Gasteiger partial charge in [-0.25, -0.2) is 8.42 Å². The van der Waals surface area contributed by atoms with Crippen molar-refractivity contribution in [3.63, 3.8) is 0 Å². The third kappa shape index (κ3) is 4.47. The Morgan fingerprint density at radius 1 is 1.04 bits per heavy atom. The molecule has 3 rings (SSSR count). The summed E-state index contributed by atoms with van der Waals surface area (Å²) in [5.74, 6) is 0.385. The van der Waals surface area contributed by atoms with Crippen LogP contribution >= 0.6 is 0 Å². The quantitative estimate of drug-likeness (QED) is 0.772. The van der Waals surface area contributed by atoms with Gasteiger partial charge in [-0.2, -0.15) is 0 Å². The van der Waals surface area contributed by atoms with E-state index in [1.54, 1.807) is 31.2 Å². The normalized spacial score (nSPS) is 16.8. The molecule has 7 heteroatoms. The van der Waals surface area contributed by atoms with Gasteiger partial charge in [0.1, 0.15) is 6.04 Å². The summed E-state index contributed by atoms with van der Waals surface area (Å²) in [5, 5.41) is 6.16. The molecule has 2 N–H and O–H groups in total. The molecule has 0 bridgehead atoms. The zero-order valence-electron chi connectivity index (χ0n) is 16.5. The molecule has 1 unspecified atom stereocenters. The SMILES string of the molecule is CC(Nc1ccc(N2CCCS2(=O)=O)cc1)C(=O)Nc1ccccc1C(C)C. The lowest BCUT2D eigenvalue weighted by atomic mass is 10.0. The second-order valence-corrected chi connectivity index (χ2v) is 9.40. The molecule has 0 radical (unpaired) electrons. The topological polar surface area (TPSA) is 78.5 Å². The fourth-order valence-electron chi connectivity index (χ4n) is 3.32. The number of benzene rings is 2. The summed E-state index contributed by atoms with van der Waals surface area (Å²) in [7, 11) is -3.19. The summed E-state index contributed by atoms with van der Waals surface area (Å²) in [4.78, 5) is 12.6. The van der Waals surface area contributed by atoms with Crippen LogP contribution in [0.25, 0.3) is 0 Å². The van der Waals surface area contributed by atoms with Crippen molar-refractivity contribution in [2.45, 2.75) is 39.2 Å². The van der Waals surface area contributed by atoms with Gasteiger partial charge >= 0.3 is 0 Å². The van der Waals surface area contributed by atoms with Crippen LogP contribution in [0.1, 0.15) is 38.7 Å². The number of nitrogens with zero attached hydrogens (tertiary/aromatic N) is 1. The number of nitrogens with one attached hydrogen (secondary N) is 2. The van der Waals surface area contributed by atoms with E-state index in [1.807, 2.05) is 24.3 Å². The zero-order chi connectivity index (χ0) is 20.3. The third-order valence-corrected chi connectivity index (χ3v) is 6.74. The van der Waals surface area contributed by atoms with Crippen LogP contribution in [0.2, 0.25) is 0 Å². The van der Waals surface area contributed by atoms with Crippen LogP contribution in [-0.2, 0) is 14.8 Å². The summed E-state index contributed by atoms with van der Waals surface area (Å²) in [6.07, 6.45) is 0.650. The van der Waals surface area contributed by atoms with E-state index in [0.29, 0.717) is 24.6 Å². The van der Waals surface area contributed by atoms with E-state index >= 15 is 0 Å². The highest BCUT2D eigenvalue weighted by Gasteiger charge is 2.28. The van der Waals surface area contributed by atoms with E-state index in [9.17, 15) is 13.2 Å². The Morgan fingerprint density at radius 2 is 1.71 bits per heavy atom. The van der Waals surface area contributed by atoms with Crippen LogP contribution in [0.3, 0.4) is 0 Å². The number of amides is 1. The van der Waals surface area contributed by atoms with Gasteiger partial charge in [0, 0.05) is 17.9 Å². The minimum atomic E-state index is -3.19. The van der Waals surface area contributed by atoms with Gasteiger partial charge < -0.3 is 10.6 Å². The lowest BCUT2D eigenvalue weighted by molar-refractivity contribution is -0.116. The van der Waals surface area contributed by atoms with Crippen molar-refractivity contribution in [2.75, 3.05) is 27.2 Å². The minimum absolute atomic E-state index is 0.126. The first kappa shape index (κ1) is 20.2. The van der Waals surface area contributed by atoms with Gasteiger partial charge in [0.25, 0.3) is 0 Å². The van der Waals surface area contributed by atoms with Crippen molar-refractivity contribution in [3.05, 3.63) is 54.1 Å². The van der Waals surface area contributed by atoms with Gasteiger partial charge in [-0.3, -0.25) is 9.10 Å². The Balaban J connectivity index is 1.65. The van der Waals surface area contributed by atoms with Crippen LogP contribution in [0.4, 0.5) is 17.1 Å². The van der Waals surface area contributed by atoms with Crippen molar-refractivity contribution in [1.29, 1.82) is 0 Å². The molecule has 6 nitrogen and oxygen atoms in total. The average molecular weight is 402 g/mol. The van der Waals surface area contributed by atoms with E-state index in [0.717, 1.165) is 16.9 Å². The second kappa shape index (κ2) is 8.22. The first-order chi connectivity index (χ1) is 13.3. The maximum absolute atomic E-state index is 12.6. The van der Waals surface area contributed by atoms with E-state index in [-0.39, 0.29) is 11.7 Å². The maximum Gasteiger partial charge on any atom is 0.246 e. The van der Waals surface area contributed by atoms with E-state index in [1.165, 1.54) is 4.31 Å². The van der Waals surface area contributed by atoms with Gasteiger partial charge in [-0.05, 0) is 55.2 Å². The second-order valence-electron chi connectivity index (χ2n) is 7.39. The van der Waals surface area contributed by atoms with E-state index in [4.69, 9.17) is 0 Å². The summed E-state index contributed by atoms with van der Waals surface area (Å²) in [6, 6.07) is 14.5.